The molecule has 1 atom stereocenters. The highest BCUT2D eigenvalue weighted by atomic mass is 32.2. The fourth-order valence-electron chi connectivity index (χ4n) is 2.12. The topological polar surface area (TPSA) is 66.0 Å². The first-order valence-corrected chi connectivity index (χ1v) is 7.09. The van der Waals surface area contributed by atoms with Gasteiger partial charge in [0.25, 0.3) is 5.56 Å². The second kappa shape index (κ2) is 5.12. The van der Waals surface area contributed by atoms with E-state index in [0.717, 1.165) is 18.6 Å². The number of hydrogen-bond donors (Lipinski definition) is 2. The lowest BCUT2D eigenvalue weighted by atomic mass is 10.1. The lowest BCUT2D eigenvalue weighted by Gasteiger charge is -2.20. The molecular weight excluding hydrogens is 236 g/mol. The van der Waals surface area contributed by atoms with Gasteiger partial charge in [0.15, 0.2) is 0 Å². The fourth-order valence-corrected chi connectivity index (χ4v) is 3.37. The van der Waals surface area contributed by atoms with Gasteiger partial charge in [0.05, 0.1) is 10.8 Å². The smallest absolute Gasteiger partial charge is 0.258 e. The van der Waals surface area contributed by atoms with Crippen LogP contribution in [0.2, 0.25) is 0 Å². The Kier molecular flexibility index (Phi) is 3.76. The molecule has 0 aromatic carbocycles. The van der Waals surface area contributed by atoms with Crippen molar-refractivity contribution in [3.05, 3.63) is 21.7 Å². The summed E-state index contributed by atoms with van der Waals surface area (Å²) in [5.74, 6) is 1.60. The van der Waals surface area contributed by atoms with Crippen molar-refractivity contribution < 1.29 is 5.11 Å². The van der Waals surface area contributed by atoms with Gasteiger partial charge >= 0.3 is 0 Å². The van der Waals surface area contributed by atoms with E-state index in [1.165, 1.54) is 6.42 Å². The molecule has 5 heteroatoms. The van der Waals surface area contributed by atoms with Crippen LogP contribution in [0.15, 0.2) is 4.79 Å². The molecule has 0 saturated carbocycles. The third-order valence-electron chi connectivity index (χ3n) is 3.02. The van der Waals surface area contributed by atoms with Crippen molar-refractivity contribution in [1.82, 2.24) is 9.97 Å². The Morgan fingerprint density at radius 2 is 2.24 bits per heavy atom. The van der Waals surface area contributed by atoms with Gasteiger partial charge in [-0.15, -0.1) is 0 Å². The number of nitrogens with zero attached hydrogens (tertiary/aromatic N) is 1. The van der Waals surface area contributed by atoms with Crippen LogP contribution in [0.4, 0.5) is 0 Å². The molecule has 0 amide bonds. The highest BCUT2D eigenvalue weighted by Crippen LogP contribution is 2.36. The molecule has 2 heterocycles. The maximum Gasteiger partial charge on any atom is 0.258 e. The number of rotatable bonds is 2. The first-order chi connectivity index (χ1) is 8.09. The number of aromatic hydroxyl groups is 1. The van der Waals surface area contributed by atoms with Gasteiger partial charge in [-0.2, -0.15) is 16.7 Å². The standard InChI is InChI=1S/C12H18N2O2S/c1-7(2)9-11(15)13-10(14-12(9)16)8-5-3-4-6-17-8/h7-8H,3-6H2,1-2H3,(H2,13,14,15,16). The van der Waals surface area contributed by atoms with Crippen LogP contribution < -0.4 is 5.56 Å². The third-order valence-corrected chi connectivity index (χ3v) is 4.40. The summed E-state index contributed by atoms with van der Waals surface area (Å²) in [7, 11) is 0. The zero-order valence-corrected chi connectivity index (χ0v) is 11.0. The van der Waals surface area contributed by atoms with E-state index >= 15 is 0 Å². The van der Waals surface area contributed by atoms with Crippen LogP contribution in [0.25, 0.3) is 0 Å². The van der Waals surface area contributed by atoms with Gasteiger partial charge < -0.3 is 10.1 Å². The molecule has 0 radical (unpaired) electrons. The zero-order valence-electron chi connectivity index (χ0n) is 10.2. The number of aromatic amines is 1. The van der Waals surface area contributed by atoms with Gasteiger partial charge in [0.1, 0.15) is 5.82 Å². The minimum atomic E-state index is -0.200. The minimum Gasteiger partial charge on any atom is -0.493 e. The van der Waals surface area contributed by atoms with Crippen molar-refractivity contribution in [2.75, 3.05) is 5.75 Å². The van der Waals surface area contributed by atoms with Crippen LogP contribution in [0.1, 0.15) is 55.7 Å². The average molecular weight is 254 g/mol. The van der Waals surface area contributed by atoms with Crippen LogP contribution in [0, 0.1) is 0 Å². The van der Waals surface area contributed by atoms with Gasteiger partial charge in [-0.3, -0.25) is 4.79 Å². The van der Waals surface area contributed by atoms with Gasteiger partial charge in [-0.1, -0.05) is 20.3 Å². The molecule has 4 nitrogen and oxygen atoms in total. The van der Waals surface area contributed by atoms with E-state index in [2.05, 4.69) is 9.97 Å². The average Bonchev–Trinajstić information content (AvgIpc) is 2.28. The number of thioether (sulfide) groups is 1. The monoisotopic (exact) mass is 254 g/mol. The zero-order chi connectivity index (χ0) is 12.4. The van der Waals surface area contributed by atoms with Crippen LogP contribution >= 0.6 is 11.8 Å². The van der Waals surface area contributed by atoms with Gasteiger partial charge in [0.2, 0.25) is 5.88 Å². The summed E-state index contributed by atoms with van der Waals surface area (Å²) >= 11 is 1.80. The quantitative estimate of drug-likeness (QED) is 0.851. The molecule has 94 valence electrons. The number of H-pyrrole nitrogens is 1. The summed E-state index contributed by atoms with van der Waals surface area (Å²) in [6.45, 7) is 3.75. The van der Waals surface area contributed by atoms with E-state index in [-0.39, 0.29) is 22.6 Å². The summed E-state index contributed by atoms with van der Waals surface area (Å²) in [6, 6.07) is 0. The SMILES string of the molecule is CC(C)c1c(O)nc(C2CCCCS2)[nH]c1=O. The van der Waals surface area contributed by atoms with Crippen LogP contribution in [-0.4, -0.2) is 20.8 Å². The first-order valence-electron chi connectivity index (χ1n) is 6.04. The van der Waals surface area contributed by atoms with Crippen molar-refractivity contribution in [3.63, 3.8) is 0 Å². The highest BCUT2D eigenvalue weighted by molar-refractivity contribution is 7.99. The lowest BCUT2D eigenvalue weighted by molar-refractivity contribution is 0.434. The van der Waals surface area contributed by atoms with E-state index < -0.39 is 0 Å². The second-order valence-electron chi connectivity index (χ2n) is 4.70. The summed E-state index contributed by atoms with van der Waals surface area (Å²) in [6.07, 6.45) is 3.41. The molecule has 0 bridgehead atoms. The van der Waals surface area contributed by atoms with Crippen molar-refractivity contribution in [1.29, 1.82) is 0 Å². The highest BCUT2D eigenvalue weighted by Gasteiger charge is 2.21. The summed E-state index contributed by atoms with van der Waals surface area (Å²) in [5.41, 5.74) is 0.184. The normalized spacial score (nSPS) is 20.8. The minimum absolute atomic E-state index is 0.0145. The number of nitrogens with one attached hydrogen (secondary N) is 1. The van der Waals surface area contributed by atoms with E-state index in [1.807, 2.05) is 13.8 Å². The Morgan fingerprint density at radius 1 is 1.47 bits per heavy atom. The van der Waals surface area contributed by atoms with Gasteiger partial charge in [0, 0.05) is 0 Å². The van der Waals surface area contributed by atoms with Crippen LogP contribution in [0.3, 0.4) is 0 Å². The Morgan fingerprint density at radius 3 is 2.76 bits per heavy atom. The maximum atomic E-state index is 11.9. The summed E-state index contributed by atoms with van der Waals surface area (Å²) in [5, 5.41) is 10.1. The van der Waals surface area contributed by atoms with Crippen molar-refractivity contribution in [2.24, 2.45) is 0 Å². The van der Waals surface area contributed by atoms with Crippen LogP contribution in [0.5, 0.6) is 5.88 Å². The molecule has 0 spiro atoms. The van der Waals surface area contributed by atoms with E-state index in [1.54, 1.807) is 11.8 Å². The summed E-state index contributed by atoms with van der Waals surface area (Å²) < 4.78 is 0. The van der Waals surface area contributed by atoms with Crippen molar-refractivity contribution in [2.45, 2.75) is 44.3 Å². The molecule has 1 aliphatic heterocycles. The Bertz CT molecular complexity index is 450. The molecule has 17 heavy (non-hydrogen) atoms. The van der Waals surface area contributed by atoms with E-state index in [0.29, 0.717) is 11.4 Å². The predicted octanol–water partition coefficient (Wildman–Crippen LogP) is 2.56. The molecule has 2 N–H and O–H groups in total. The molecule has 0 aliphatic carbocycles. The maximum absolute atomic E-state index is 11.9. The molecular formula is C12H18N2O2S. The molecule has 1 unspecified atom stereocenters. The largest absolute Gasteiger partial charge is 0.493 e. The molecule has 1 fully saturated rings. The van der Waals surface area contributed by atoms with Crippen molar-refractivity contribution in [3.8, 4) is 5.88 Å². The Labute approximate surface area is 105 Å². The fraction of sp³-hybridized carbons (Fsp3) is 0.667. The Balaban J connectivity index is 2.34. The van der Waals surface area contributed by atoms with E-state index in [9.17, 15) is 9.90 Å². The van der Waals surface area contributed by atoms with Gasteiger partial charge in [-0.05, 0) is 24.5 Å². The molecule has 1 saturated heterocycles. The lowest BCUT2D eigenvalue weighted by Crippen LogP contribution is -2.19. The van der Waals surface area contributed by atoms with Crippen molar-refractivity contribution >= 4 is 11.8 Å². The summed E-state index contributed by atoms with van der Waals surface area (Å²) in [4.78, 5) is 18.9. The predicted molar refractivity (Wildman–Crippen MR) is 69.7 cm³/mol. The second-order valence-corrected chi connectivity index (χ2v) is 6.01. The molecule has 2 rings (SSSR count). The first kappa shape index (κ1) is 12.5. The molecule has 1 aromatic rings. The molecule has 1 aromatic heterocycles. The third kappa shape index (κ3) is 2.65. The number of aromatic nitrogens is 2. The molecule has 1 aliphatic rings. The van der Waals surface area contributed by atoms with Gasteiger partial charge in [-0.25, -0.2) is 0 Å². The van der Waals surface area contributed by atoms with Crippen LogP contribution in [-0.2, 0) is 0 Å². The Hall–Kier alpha value is -0.970. The number of hydrogen-bond acceptors (Lipinski definition) is 4. The van der Waals surface area contributed by atoms with E-state index in [4.69, 9.17) is 0 Å².